The van der Waals surface area contributed by atoms with Crippen molar-refractivity contribution in [2.24, 2.45) is 0 Å². The fourth-order valence-electron chi connectivity index (χ4n) is 4.15. The van der Waals surface area contributed by atoms with Gasteiger partial charge in [0.25, 0.3) is 0 Å². The van der Waals surface area contributed by atoms with Crippen molar-refractivity contribution < 1.29 is 26.4 Å². The van der Waals surface area contributed by atoms with E-state index in [4.69, 9.17) is 0 Å². The Hall–Kier alpha value is -3.96. The van der Waals surface area contributed by atoms with Gasteiger partial charge in [0, 0.05) is 23.5 Å². The van der Waals surface area contributed by atoms with E-state index < -0.39 is 34.2 Å². The summed E-state index contributed by atoms with van der Waals surface area (Å²) in [5.41, 5.74) is 1.67. The van der Waals surface area contributed by atoms with Crippen molar-refractivity contribution in [1.29, 1.82) is 0 Å². The van der Waals surface area contributed by atoms with Gasteiger partial charge in [-0.25, -0.2) is 13.4 Å². The molecule has 0 spiro atoms. The van der Waals surface area contributed by atoms with Crippen LogP contribution in [0.5, 0.6) is 0 Å². The Labute approximate surface area is 224 Å². The molecule has 0 radical (unpaired) electrons. The van der Waals surface area contributed by atoms with E-state index in [0.29, 0.717) is 24.2 Å². The summed E-state index contributed by atoms with van der Waals surface area (Å²) >= 11 is 0. The Balaban J connectivity index is 1.44. The van der Waals surface area contributed by atoms with Crippen molar-refractivity contribution >= 4 is 21.9 Å². The maximum absolute atomic E-state index is 13.3. The van der Waals surface area contributed by atoms with Crippen LogP contribution in [-0.2, 0) is 21.0 Å². The number of anilines is 1. The smallest absolute Gasteiger partial charge is 0.294 e. The van der Waals surface area contributed by atoms with Gasteiger partial charge in [0.2, 0.25) is 21.9 Å². The quantitative estimate of drug-likeness (QED) is 0.305. The van der Waals surface area contributed by atoms with E-state index in [1.54, 1.807) is 18.3 Å². The van der Waals surface area contributed by atoms with Gasteiger partial charge in [-0.05, 0) is 56.2 Å². The number of imidazole rings is 1. The number of aryl methyl sites for hydroxylation is 1. The van der Waals surface area contributed by atoms with Crippen molar-refractivity contribution in [2.75, 3.05) is 11.9 Å². The van der Waals surface area contributed by atoms with Gasteiger partial charge in [0.1, 0.15) is 0 Å². The summed E-state index contributed by atoms with van der Waals surface area (Å²) in [4.78, 5) is 17.8. The molecule has 7 nitrogen and oxygen atoms in total. The monoisotopic (exact) mass is 554 g/mol. The summed E-state index contributed by atoms with van der Waals surface area (Å²) < 4.78 is 68.6. The number of nitrogens with zero attached hydrogens (tertiary/aromatic N) is 3. The van der Waals surface area contributed by atoms with E-state index in [2.05, 4.69) is 10.3 Å². The van der Waals surface area contributed by atoms with Crippen LogP contribution in [-0.4, -0.2) is 40.8 Å². The first-order chi connectivity index (χ1) is 18.5. The van der Waals surface area contributed by atoms with Crippen molar-refractivity contribution in [2.45, 2.75) is 36.9 Å². The number of aromatic nitrogens is 2. The first-order valence-corrected chi connectivity index (χ1v) is 13.7. The summed E-state index contributed by atoms with van der Waals surface area (Å²) in [7, 11) is -3.92. The Morgan fingerprint density at radius 1 is 1.00 bits per heavy atom. The number of amides is 1. The molecular weight excluding hydrogens is 529 g/mol. The van der Waals surface area contributed by atoms with Crippen molar-refractivity contribution in [3.05, 3.63) is 96.2 Å². The maximum atomic E-state index is 13.3. The lowest BCUT2D eigenvalue weighted by molar-refractivity contribution is -0.137. The topological polar surface area (TPSA) is 84.3 Å². The minimum absolute atomic E-state index is 0.0575. The number of hydrogen-bond donors (Lipinski definition) is 1. The third-order valence-electron chi connectivity index (χ3n) is 6.38. The molecule has 1 aliphatic rings. The SMILES string of the molecule is Cc1ccc(S(=O)(=O)N(CC(=O)Nc2nc(-c3ccccc3)cn2-c2ccc(C(F)(F)F)cc2)C2CC2)cc1. The molecule has 0 aliphatic heterocycles. The van der Waals surface area contributed by atoms with Crippen molar-refractivity contribution in [3.8, 4) is 16.9 Å². The molecule has 1 amide bonds. The number of carbonyl (C=O) groups excluding carboxylic acids is 1. The van der Waals surface area contributed by atoms with Crippen LogP contribution in [0.1, 0.15) is 24.0 Å². The lowest BCUT2D eigenvalue weighted by Gasteiger charge is -2.21. The fraction of sp³-hybridized carbons (Fsp3) is 0.214. The average Bonchev–Trinajstić information content (AvgIpc) is 3.66. The molecule has 1 aliphatic carbocycles. The van der Waals surface area contributed by atoms with Gasteiger partial charge in [-0.15, -0.1) is 0 Å². The van der Waals surface area contributed by atoms with Crippen LogP contribution in [0.4, 0.5) is 19.1 Å². The van der Waals surface area contributed by atoms with E-state index in [-0.39, 0.29) is 16.9 Å². The van der Waals surface area contributed by atoms with Crippen LogP contribution < -0.4 is 5.32 Å². The van der Waals surface area contributed by atoms with Crippen LogP contribution in [0.2, 0.25) is 0 Å². The van der Waals surface area contributed by atoms with E-state index in [1.165, 1.54) is 33.1 Å². The Kier molecular flexibility index (Phi) is 7.04. The standard InChI is InChI=1S/C28H25F3N4O3S/c1-19-7-15-24(16-8-19)39(37,38)35(23-13-14-23)18-26(36)33-27-32-25(20-5-3-2-4-6-20)17-34(27)22-11-9-21(10-12-22)28(29,30)31/h2-12,15-17,23H,13-14,18H2,1H3,(H,32,33,36). The molecular formula is C28H25F3N4O3S. The second kappa shape index (κ2) is 10.3. The Morgan fingerprint density at radius 2 is 1.64 bits per heavy atom. The highest BCUT2D eigenvalue weighted by Gasteiger charge is 2.39. The summed E-state index contributed by atoms with van der Waals surface area (Å²) in [6, 6.07) is 19.7. The molecule has 4 aromatic rings. The molecule has 0 bridgehead atoms. The zero-order chi connectivity index (χ0) is 27.8. The molecule has 1 fully saturated rings. The van der Waals surface area contributed by atoms with Gasteiger partial charge >= 0.3 is 6.18 Å². The van der Waals surface area contributed by atoms with Crippen LogP contribution in [0.3, 0.4) is 0 Å². The maximum Gasteiger partial charge on any atom is 0.416 e. The predicted octanol–water partition coefficient (Wildman–Crippen LogP) is 5.66. The molecule has 0 unspecified atom stereocenters. The molecule has 0 saturated heterocycles. The van der Waals surface area contributed by atoms with E-state index in [1.807, 2.05) is 37.3 Å². The number of sulfonamides is 1. The van der Waals surface area contributed by atoms with Gasteiger partial charge in [0.05, 0.1) is 22.7 Å². The van der Waals surface area contributed by atoms with Crippen LogP contribution in [0.25, 0.3) is 16.9 Å². The highest BCUT2D eigenvalue weighted by atomic mass is 32.2. The number of benzene rings is 3. The zero-order valence-electron chi connectivity index (χ0n) is 20.9. The molecule has 202 valence electrons. The number of carbonyl (C=O) groups is 1. The van der Waals surface area contributed by atoms with E-state index in [0.717, 1.165) is 23.3 Å². The van der Waals surface area contributed by atoms with Crippen molar-refractivity contribution in [3.63, 3.8) is 0 Å². The number of hydrogen-bond acceptors (Lipinski definition) is 4. The second-order valence-electron chi connectivity index (χ2n) is 9.37. The number of nitrogens with one attached hydrogen (secondary N) is 1. The molecule has 3 aromatic carbocycles. The minimum Gasteiger partial charge on any atom is -0.294 e. The average molecular weight is 555 g/mol. The van der Waals surface area contributed by atoms with Gasteiger partial charge in [-0.1, -0.05) is 48.0 Å². The highest BCUT2D eigenvalue weighted by Crippen LogP contribution is 2.33. The first-order valence-electron chi connectivity index (χ1n) is 12.2. The fourth-order valence-corrected chi connectivity index (χ4v) is 5.79. The van der Waals surface area contributed by atoms with Gasteiger partial charge in [0.15, 0.2) is 0 Å². The summed E-state index contributed by atoms with van der Waals surface area (Å²) in [5.74, 6) is -0.557. The Bertz CT molecular complexity index is 1580. The number of halogens is 3. The number of rotatable bonds is 8. The number of alkyl halides is 3. The highest BCUT2D eigenvalue weighted by molar-refractivity contribution is 7.89. The molecule has 1 N–H and O–H groups in total. The van der Waals surface area contributed by atoms with E-state index >= 15 is 0 Å². The summed E-state index contributed by atoms with van der Waals surface area (Å²) in [6.45, 7) is 1.42. The van der Waals surface area contributed by atoms with Gasteiger partial charge in [-0.3, -0.25) is 14.7 Å². The first kappa shape index (κ1) is 26.6. The van der Waals surface area contributed by atoms with Crippen molar-refractivity contribution in [1.82, 2.24) is 13.9 Å². The van der Waals surface area contributed by atoms with Crippen LogP contribution in [0, 0.1) is 6.92 Å². The van der Waals surface area contributed by atoms with Gasteiger partial charge in [-0.2, -0.15) is 17.5 Å². The lowest BCUT2D eigenvalue weighted by atomic mass is 10.2. The van der Waals surface area contributed by atoms with Gasteiger partial charge < -0.3 is 0 Å². The Morgan fingerprint density at radius 3 is 2.23 bits per heavy atom. The molecule has 0 atom stereocenters. The summed E-state index contributed by atoms with van der Waals surface area (Å²) in [5, 5.41) is 2.67. The minimum atomic E-state index is -4.49. The van der Waals surface area contributed by atoms with Crippen LogP contribution >= 0.6 is 0 Å². The van der Waals surface area contributed by atoms with E-state index in [9.17, 15) is 26.4 Å². The molecule has 1 heterocycles. The molecule has 1 saturated carbocycles. The molecule has 39 heavy (non-hydrogen) atoms. The predicted molar refractivity (Wildman–Crippen MR) is 141 cm³/mol. The third-order valence-corrected chi connectivity index (χ3v) is 8.29. The molecule has 11 heteroatoms. The zero-order valence-corrected chi connectivity index (χ0v) is 21.7. The molecule has 1 aromatic heterocycles. The van der Waals surface area contributed by atoms with Crippen LogP contribution in [0.15, 0.2) is 90.0 Å². The summed E-state index contributed by atoms with van der Waals surface area (Å²) in [6.07, 6.45) is -1.59. The second-order valence-corrected chi connectivity index (χ2v) is 11.3. The lowest BCUT2D eigenvalue weighted by Crippen LogP contribution is -2.39. The molecule has 5 rings (SSSR count). The largest absolute Gasteiger partial charge is 0.416 e. The third kappa shape index (κ3) is 5.89. The normalized spacial score (nSPS) is 14.0.